The highest BCUT2D eigenvalue weighted by Crippen LogP contribution is 2.09. The molecule has 0 aliphatic carbocycles. The van der Waals surface area contributed by atoms with Crippen LogP contribution in [0.1, 0.15) is 52.9 Å². The fraction of sp³-hybridized carbons (Fsp3) is 0.647. The van der Waals surface area contributed by atoms with Crippen molar-refractivity contribution >= 4 is 23.5 Å². The molecule has 0 bridgehead atoms. The van der Waals surface area contributed by atoms with Gasteiger partial charge in [0.15, 0.2) is 0 Å². The molecule has 7 heteroatoms. The van der Waals surface area contributed by atoms with Gasteiger partial charge in [-0.25, -0.2) is 0 Å². The van der Waals surface area contributed by atoms with Crippen molar-refractivity contribution in [2.24, 2.45) is 5.73 Å². The smallest absolute Gasteiger partial charge is 0.254 e. The Kier molecular flexibility index (Phi) is 11.4. The number of amides is 3. The molecule has 1 heterocycles. The van der Waals surface area contributed by atoms with E-state index in [0.29, 0.717) is 32.2 Å². The number of Topliss-reactive ketones (excluding diaryl/α,β-unsaturated/α-hetero) is 1. The van der Waals surface area contributed by atoms with E-state index >= 15 is 0 Å². The lowest BCUT2D eigenvalue weighted by Crippen LogP contribution is -2.53. The van der Waals surface area contributed by atoms with E-state index in [1.54, 1.807) is 0 Å². The zero-order valence-corrected chi connectivity index (χ0v) is 14.8. The maximum absolute atomic E-state index is 12.0. The fourth-order valence-electron chi connectivity index (χ4n) is 2.00. The Labute approximate surface area is 143 Å². The van der Waals surface area contributed by atoms with E-state index in [1.165, 1.54) is 6.42 Å². The molecule has 0 fully saturated rings. The molecular weight excluding hydrogens is 310 g/mol. The first-order chi connectivity index (χ1) is 11.4. The quantitative estimate of drug-likeness (QED) is 0.479. The lowest BCUT2D eigenvalue weighted by Gasteiger charge is -2.23. The Bertz CT molecular complexity index is 456. The molecule has 0 saturated heterocycles. The number of nitrogens with zero attached hydrogens (tertiary/aromatic N) is 1. The highest BCUT2D eigenvalue weighted by Gasteiger charge is 2.34. The van der Waals surface area contributed by atoms with E-state index in [2.05, 4.69) is 19.2 Å². The van der Waals surface area contributed by atoms with Gasteiger partial charge in [0.1, 0.15) is 11.8 Å². The Morgan fingerprint density at radius 2 is 1.67 bits per heavy atom. The number of ketones is 1. The van der Waals surface area contributed by atoms with Crippen LogP contribution < -0.4 is 11.1 Å². The van der Waals surface area contributed by atoms with Crippen LogP contribution in [0.25, 0.3) is 0 Å². The standard InChI is InChI=1S/C14H21N3O4.C3H8/c1-2-10(18)5-3-4-8-16-14(21)11(9-15)17-12(19)6-7-13(17)20;1-3-2/h6-7,11H,2-5,8-9,15H2,1H3,(H,16,21);3H2,1-2H3. The Morgan fingerprint density at radius 1 is 1.12 bits per heavy atom. The molecule has 0 aromatic rings. The molecule has 0 radical (unpaired) electrons. The molecule has 136 valence electrons. The monoisotopic (exact) mass is 339 g/mol. The molecule has 3 amide bonds. The summed E-state index contributed by atoms with van der Waals surface area (Å²) in [5, 5.41) is 2.64. The minimum absolute atomic E-state index is 0.126. The number of unbranched alkanes of at least 4 members (excludes halogenated alkanes) is 1. The lowest BCUT2D eigenvalue weighted by atomic mass is 10.1. The SMILES string of the molecule is CCC.CCC(=O)CCCCNC(=O)C(CN)N1C(=O)C=CC1=O. The van der Waals surface area contributed by atoms with Crippen molar-refractivity contribution < 1.29 is 19.2 Å². The molecule has 0 spiro atoms. The van der Waals surface area contributed by atoms with Gasteiger partial charge in [-0.3, -0.25) is 24.1 Å². The Morgan fingerprint density at radius 3 is 2.12 bits per heavy atom. The summed E-state index contributed by atoms with van der Waals surface area (Å²) in [6.07, 6.45) is 5.87. The third-order valence-corrected chi connectivity index (χ3v) is 3.26. The second-order valence-electron chi connectivity index (χ2n) is 5.48. The maximum atomic E-state index is 12.0. The molecule has 0 saturated carbocycles. The van der Waals surface area contributed by atoms with E-state index < -0.39 is 23.8 Å². The van der Waals surface area contributed by atoms with Gasteiger partial charge in [-0.05, 0) is 12.8 Å². The van der Waals surface area contributed by atoms with Crippen LogP contribution in [0.4, 0.5) is 0 Å². The van der Waals surface area contributed by atoms with Crippen molar-refractivity contribution in [3.05, 3.63) is 12.2 Å². The average molecular weight is 339 g/mol. The first kappa shape index (κ1) is 22.0. The van der Waals surface area contributed by atoms with E-state index in [0.717, 1.165) is 17.1 Å². The number of rotatable bonds is 9. The van der Waals surface area contributed by atoms with Crippen molar-refractivity contribution in [2.45, 2.75) is 58.9 Å². The van der Waals surface area contributed by atoms with Gasteiger partial charge in [0.2, 0.25) is 5.91 Å². The maximum Gasteiger partial charge on any atom is 0.254 e. The number of imide groups is 1. The molecule has 0 aromatic carbocycles. The van der Waals surface area contributed by atoms with E-state index in [9.17, 15) is 19.2 Å². The number of carbonyl (C=O) groups excluding carboxylic acids is 4. The van der Waals surface area contributed by atoms with Crippen LogP contribution in [-0.4, -0.2) is 47.5 Å². The summed E-state index contributed by atoms with van der Waals surface area (Å²) >= 11 is 0. The number of hydrogen-bond acceptors (Lipinski definition) is 5. The minimum Gasteiger partial charge on any atom is -0.354 e. The summed E-state index contributed by atoms with van der Waals surface area (Å²) in [7, 11) is 0. The van der Waals surface area contributed by atoms with Crippen LogP contribution in [0.15, 0.2) is 12.2 Å². The molecule has 1 aliphatic heterocycles. The zero-order chi connectivity index (χ0) is 18.5. The van der Waals surface area contributed by atoms with Crippen LogP contribution in [0.5, 0.6) is 0 Å². The second kappa shape index (κ2) is 12.4. The second-order valence-corrected chi connectivity index (χ2v) is 5.48. The molecule has 1 atom stereocenters. The topological polar surface area (TPSA) is 110 Å². The minimum atomic E-state index is -0.989. The van der Waals surface area contributed by atoms with Gasteiger partial charge >= 0.3 is 0 Å². The molecule has 1 aliphatic rings. The van der Waals surface area contributed by atoms with Crippen LogP contribution in [-0.2, 0) is 19.2 Å². The van der Waals surface area contributed by atoms with E-state index in [1.807, 2.05) is 6.92 Å². The van der Waals surface area contributed by atoms with E-state index in [4.69, 9.17) is 5.73 Å². The largest absolute Gasteiger partial charge is 0.354 e. The first-order valence-electron chi connectivity index (χ1n) is 8.47. The Hall–Kier alpha value is -2.02. The molecule has 3 N–H and O–H groups in total. The van der Waals surface area contributed by atoms with Crippen LogP contribution in [0, 0.1) is 0 Å². The van der Waals surface area contributed by atoms with Crippen molar-refractivity contribution in [1.82, 2.24) is 10.2 Å². The van der Waals surface area contributed by atoms with Gasteiger partial charge in [-0.15, -0.1) is 0 Å². The number of nitrogens with two attached hydrogens (primary N) is 1. The highest BCUT2D eigenvalue weighted by molar-refractivity contribution is 6.15. The molecular formula is C17H29N3O4. The normalized spacial score (nSPS) is 14.2. The third-order valence-electron chi connectivity index (χ3n) is 3.26. The molecule has 7 nitrogen and oxygen atoms in total. The van der Waals surface area contributed by atoms with Gasteiger partial charge in [-0.1, -0.05) is 27.2 Å². The summed E-state index contributed by atoms with van der Waals surface area (Å²) in [4.78, 5) is 47.0. The van der Waals surface area contributed by atoms with Crippen LogP contribution in [0.3, 0.4) is 0 Å². The third kappa shape index (κ3) is 7.50. The van der Waals surface area contributed by atoms with Crippen LogP contribution in [0.2, 0.25) is 0 Å². The van der Waals surface area contributed by atoms with Gasteiger partial charge in [-0.2, -0.15) is 0 Å². The lowest BCUT2D eigenvalue weighted by molar-refractivity contribution is -0.145. The molecule has 0 aromatic heterocycles. The Balaban J connectivity index is 0.00000163. The van der Waals surface area contributed by atoms with Crippen molar-refractivity contribution in [3.8, 4) is 0 Å². The number of nitrogens with one attached hydrogen (secondary N) is 1. The number of carbonyl (C=O) groups is 4. The van der Waals surface area contributed by atoms with Gasteiger partial charge in [0.25, 0.3) is 11.8 Å². The summed E-state index contributed by atoms with van der Waals surface area (Å²) in [5.41, 5.74) is 5.49. The van der Waals surface area contributed by atoms with Crippen LogP contribution >= 0.6 is 0 Å². The molecule has 24 heavy (non-hydrogen) atoms. The van der Waals surface area contributed by atoms with Crippen molar-refractivity contribution in [3.63, 3.8) is 0 Å². The predicted octanol–water partition coefficient (Wildman–Crippen LogP) is 0.921. The summed E-state index contributed by atoms with van der Waals surface area (Å²) < 4.78 is 0. The van der Waals surface area contributed by atoms with E-state index in [-0.39, 0.29) is 12.3 Å². The van der Waals surface area contributed by atoms with Gasteiger partial charge < -0.3 is 11.1 Å². The summed E-state index contributed by atoms with van der Waals surface area (Å²) in [6, 6.07) is -0.989. The highest BCUT2D eigenvalue weighted by atomic mass is 16.2. The van der Waals surface area contributed by atoms with Crippen molar-refractivity contribution in [2.75, 3.05) is 13.1 Å². The molecule has 1 rings (SSSR count). The predicted molar refractivity (Wildman–Crippen MR) is 92.0 cm³/mol. The summed E-state index contributed by atoms with van der Waals surface area (Å²) in [5.74, 6) is -1.32. The zero-order valence-electron chi connectivity index (χ0n) is 14.8. The van der Waals surface area contributed by atoms with Gasteiger partial charge in [0, 0.05) is 38.1 Å². The number of hydrogen-bond donors (Lipinski definition) is 2. The van der Waals surface area contributed by atoms with Gasteiger partial charge in [0.05, 0.1) is 0 Å². The fourth-order valence-corrected chi connectivity index (χ4v) is 2.00. The summed E-state index contributed by atoms with van der Waals surface area (Å²) in [6.45, 7) is 6.32. The van der Waals surface area contributed by atoms with Crippen molar-refractivity contribution in [1.29, 1.82) is 0 Å². The first-order valence-corrected chi connectivity index (χ1v) is 8.47. The molecule has 1 unspecified atom stereocenters. The average Bonchev–Trinajstić information content (AvgIpc) is 2.88.